The number of nitrogens with zero attached hydrogens (tertiary/aromatic N) is 3. The van der Waals surface area contributed by atoms with Gasteiger partial charge in [-0.2, -0.15) is 0 Å². The maximum atomic E-state index is 11.3. The third-order valence-electron chi connectivity index (χ3n) is 6.55. The number of imidazole rings is 1. The van der Waals surface area contributed by atoms with Gasteiger partial charge < -0.3 is 19.1 Å². The number of carboxylic acids is 1. The average Bonchev–Trinajstić information content (AvgIpc) is 3.47. The lowest BCUT2D eigenvalue weighted by molar-refractivity contribution is 0.0697. The van der Waals surface area contributed by atoms with E-state index in [1.165, 1.54) is 5.57 Å². The van der Waals surface area contributed by atoms with Crippen molar-refractivity contribution in [3.05, 3.63) is 112 Å². The van der Waals surface area contributed by atoms with Gasteiger partial charge in [0.1, 0.15) is 24.8 Å². The van der Waals surface area contributed by atoms with Gasteiger partial charge in [0.2, 0.25) is 0 Å². The van der Waals surface area contributed by atoms with Crippen LogP contribution in [0.1, 0.15) is 27.3 Å². The molecule has 0 saturated carbocycles. The van der Waals surface area contributed by atoms with Crippen LogP contribution in [0.15, 0.2) is 79.1 Å². The number of benzene rings is 3. The Morgan fingerprint density at radius 2 is 1.92 bits per heavy atom. The minimum atomic E-state index is -0.938. The van der Waals surface area contributed by atoms with Crippen LogP contribution in [0.3, 0.4) is 0 Å². The predicted molar refractivity (Wildman–Crippen MR) is 153 cm³/mol. The molecule has 3 heterocycles. The fourth-order valence-corrected chi connectivity index (χ4v) is 4.83. The Hall–Kier alpha value is -3.78. The van der Waals surface area contributed by atoms with Crippen molar-refractivity contribution in [1.82, 2.24) is 14.5 Å². The maximum absolute atomic E-state index is 11.3. The van der Waals surface area contributed by atoms with Crippen LogP contribution in [0, 0.1) is 0 Å². The van der Waals surface area contributed by atoms with Gasteiger partial charge in [-0.25, -0.2) is 9.78 Å². The van der Waals surface area contributed by atoms with Crippen molar-refractivity contribution in [1.29, 1.82) is 0 Å². The smallest absolute Gasteiger partial charge is 0.335 e. The molecule has 200 valence electrons. The lowest BCUT2D eigenvalue weighted by Crippen LogP contribution is -2.22. The highest BCUT2D eigenvalue weighted by molar-refractivity contribution is 6.35. The SMILES string of the molecule is C1=COC1.Cn1c(CN2CC=C(c3cccc(COc4ccc(Cl)cc4Cl)c3)C2)nc2ccc(C(=O)O)cc21. The highest BCUT2D eigenvalue weighted by Gasteiger charge is 2.19. The number of halogens is 2. The van der Waals surface area contributed by atoms with Crippen LogP contribution in [0.4, 0.5) is 0 Å². The molecule has 39 heavy (non-hydrogen) atoms. The minimum Gasteiger partial charge on any atom is -0.497 e. The molecule has 0 amide bonds. The summed E-state index contributed by atoms with van der Waals surface area (Å²) in [7, 11) is 1.93. The zero-order chi connectivity index (χ0) is 27.4. The van der Waals surface area contributed by atoms with E-state index in [1.54, 1.807) is 42.7 Å². The molecule has 9 heteroatoms. The molecule has 0 atom stereocenters. The van der Waals surface area contributed by atoms with Crippen molar-refractivity contribution < 1.29 is 19.4 Å². The van der Waals surface area contributed by atoms with Crippen LogP contribution in [0.25, 0.3) is 16.6 Å². The first-order valence-electron chi connectivity index (χ1n) is 12.4. The number of aromatic carboxylic acids is 1. The third kappa shape index (κ3) is 6.45. The van der Waals surface area contributed by atoms with Crippen LogP contribution in [0.5, 0.6) is 5.75 Å². The Morgan fingerprint density at radius 3 is 2.64 bits per heavy atom. The molecule has 7 nitrogen and oxygen atoms in total. The fourth-order valence-electron chi connectivity index (χ4n) is 4.36. The van der Waals surface area contributed by atoms with Gasteiger partial charge in [-0.3, -0.25) is 4.90 Å². The van der Waals surface area contributed by atoms with Gasteiger partial charge in [-0.1, -0.05) is 47.5 Å². The summed E-state index contributed by atoms with van der Waals surface area (Å²) in [5, 5.41) is 10.3. The summed E-state index contributed by atoms with van der Waals surface area (Å²) in [6.45, 7) is 3.52. The molecule has 0 spiro atoms. The summed E-state index contributed by atoms with van der Waals surface area (Å²) in [5.41, 5.74) is 5.35. The maximum Gasteiger partial charge on any atom is 0.335 e. The molecular formula is C30H27Cl2N3O4. The number of ether oxygens (including phenoxy) is 2. The lowest BCUT2D eigenvalue weighted by atomic mass is 10.0. The van der Waals surface area contributed by atoms with Gasteiger partial charge in [0.05, 0.1) is 34.4 Å². The molecule has 0 aliphatic carbocycles. The van der Waals surface area contributed by atoms with Crippen LogP contribution >= 0.6 is 23.2 Å². The zero-order valence-electron chi connectivity index (χ0n) is 21.3. The van der Waals surface area contributed by atoms with Gasteiger partial charge in [-0.15, -0.1) is 0 Å². The number of aryl methyl sites for hydroxylation is 1. The van der Waals surface area contributed by atoms with E-state index in [4.69, 9.17) is 32.9 Å². The van der Waals surface area contributed by atoms with E-state index < -0.39 is 5.97 Å². The lowest BCUT2D eigenvalue weighted by Gasteiger charge is -2.16. The predicted octanol–water partition coefficient (Wildman–Crippen LogP) is 6.59. The van der Waals surface area contributed by atoms with E-state index in [0.29, 0.717) is 28.9 Å². The van der Waals surface area contributed by atoms with Crippen LogP contribution in [-0.4, -0.2) is 45.2 Å². The molecular weight excluding hydrogens is 537 g/mol. The number of hydrogen-bond donors (Lipinski definition) is 1. The van der Waals surface area contributed by atoms with Crippen LogP contribution in [-0.2, 0) is 24.9 Å². The Bertz CT molecular complexity index is 1570. The molecule has 6 rings (SSSR count). The second-order valence-electron chi connectivity index (χ2n) is 9.26. The summed E-state index contributed by atoms with van der Waals surface area (Å²) < 4.78 is 12.4. The normalized spacial score (nSPS) is 14.3. The topological polar surface area (TPSA) is 76.8 Å². The first kappa shape index (κ1) is 26.8. The molecule has 1 aromatic heterocycles. The zero-order valence-corrected chi connectivity index (χ0v) is 22.8. The van der Waals surface area contributed by atoms with Gasteiger partial charge in [-0.05, 0) is 65.2 Å². The van der Waals surface area contributed by atoms with Crippen molar-refractivity contribution >= 4 is 45.8 Å². The summed E-state index contributed by atoms with van der Waals surface area (Å²) in [5.74, 6) is 0.566. The molecule has 0 radical (unpaired) electrons. The van der Waals surface area contributed by atoms with Gasteiger partial charge in [0, 0.05) is 25.2 Å². The first-order chi connectivity index (χ1) is 18.9. The van der Waals surface area contributed by atoms with E-state index in [9.17, 15) is 9.90 Å². The summed E-state index contributed by atoms with van der Waals surface area (Å²) in [4.78, 5) is 18.3. The van der Waals surface area contributed by atoms with E-state index in [1.807, 2.05) is 29.8 Å². The van der Waals surface area contributed by atoms with Crippen molar-refractivity contribution in [3.8, 4) is 5.75 Å². The van der Waals surface area contributed by atoms with Crippen molar-refractivity contribution in [2.24, 2.45) is 7.05 Å². The molecule has 3 aromatic carbocycles. The number of rotatable bonds is 7. The Balaban J connectivity index is 0.000000707. The molecule has 2 aliphatic rings. The van der Waals surface area contributed by atoms with Crippen molar-refractivity contribution in [3.63, 3.8) is 0 Å². The standard InChI is InChI=1S/C27H23Cl2N3O3.C3H4O/c1-31-24-12-19(27(33)34)5-7-23(24)30-26(31)15-32-10-9-20(14-32)18-4-2-3-17(11-18)16-35-25-8-6-21(28)13-22(25)29;1-2-4-3-1/h2-9,11-13H,10,14-16H2,1H3,(H,33,34);1-2H,3H2. The van der Waals surface area contributed by atoms with Crippen molar-refractivity contribution in [2.75, 3.05) is 19.7 Å². The van der Waals surface area contributed by atoms with E-state index >= 15 is 0 Å². The molecule has 4 aromatic rings. The van der Waals surface area contributed by atoms with Crippen LogP contribution < -0.4 is 4.74 Å². The highest BCUT2D eigenvalue weighted by Crippen LogP contribution is 2.29. The second kappa shape index (κ2) is 11.9. The van der Waals surface area contributed by atoms with E-state index in [-0.39, 0.29) is 5.56 Å². The number of carbonyl (C=O) groups is 1. The monoisotopic (exact) mass is 563 g/mol. The van der Waals surface area contributed by atoms with Crippen molar-refractivity contribution in [2.45, 2.75) is 13.2 Å². The molecule has 0 unspecified atom stereocenters. The highest BCUT2D eigenvalue weighted by atomic mass is 35.5. The minimum absolute atomic E-state index is 0.263. The molecule has 0 bridgehead atoms. The van der Waals surface area contributed by atoms with E-state index in [0.717, 1.165) is 47.7 Å². The quantitative estimate of drug-likeness (QED) is 0.273. The fraction of sp³-hybridized carbons (Fsp3) is 0.200. The largest absolute Gasteiger partial charge is 0.497 e. The third-order valence-corrected chi connectivity index (χ3v) is 7.08. The van der Waals surface area contributed by atoms with Gasteiger partial charge >= 0.3 is 5.97 Å². The summed E-state index contributed by atoms with van der Waals surface area (Å²) in [6, 6.07) is 18.5. The Labute approximate surface area is 236 Å². The Kier molecular flexibility index (Phi) is 8.21. The Morgan fingerprint density at radius 1 is 1.13 bits per heavy atom. The second-order valence-corrected chi connectivity index (χ2v) is 10.1. The first-order valence-corrected chi connectivity index (χ1v) is 13.2. The number of fused-ring (bicyclic) bond motifs is 1. The van der Waals surface area contributed by atoms with Crippen LogP contribution in [0.2, 0.25) is 10.0 Å². The summed E-state index contributed by atoms with van der Waals surface area (Å²) in [6.07, 6.45) is 5.88. The number of carboxylic acid groups (broad SMARTS) is 1. The molecule has 0 fully saturated rings. The number of aromatic nitrogens is 2. The number of hydrogen-bond acceptors (Lipinski definition) is 5. The average molecular weight is 564 g/mol. The molecule has 0 saturated heterocycles. The van der Waals surface area contributed by atoms with Gasteiger partial charge in [0.25, 0.3) is 0 Å². The molecule has 2 aliphatic heterocycles. The summed E-state index contributed by atoms with van der Waals surface area (Å²) >= 11 is 12.2. The van der Waals surface area contributed by atoms with E-state index in [2.05, 4.69) is 27.8 Å². The van der Waals surface area contributed by atoms with Gasteiger partial charge in [0.15, 0.2) is 0 Å². The molecule has 1 N–H and O–H groups in total.